The van der Waals surface area contributed by atoms with Gasteiger partial charge in [0.25, 0.3) is 0 Å². The first-order valence-corrected chi connectivity index (χ1v) is 8.52. The molecule has 1 heterocycles. The molecule has 1 fully saturated rings. The molecule has 1 aromatic rings. The number of benzene rings is 1. The van der Waals surface area contributed by atoms with Crippen LogP contribution in [0.1, 0.15) is 24.5 Å². The fraction of sp³-hybridized carbons (Fsp3) is 0.500. The lowest BCUT2D eigenvalue weighted by Crippen LogP contribution is -2.51. The summed E-state index contributed by atoms with van der Waals surface area (Å²) in [6.45, 7) is 1.27. The van der Waals surface area contributed by atoms with Crippen molar-refractivity contribution in [2.45, 2.75) is 44.1 Å². The largest absolute Gasteiger partial charge is 0.467 e. The number of carbonyl (C=O) groups is 3. The quantitative estimate of drug-likeness (QED) is 0.714. The number of methoxy groups -OCH3 is 1. The summed E-state index contributed by atoms with van der Waals surface area (Å²) >= 11 is 0. The molecule has 0 radical (unpaired) electrons. The molecule has 2 N–H and O–H groups in total. The summed E-state index contributed by atoms with van der Waals surface area (Å²) in [5.41, 5.74) is -0.439. The average molecular weight is 402 g/mol. The lowest BCUT2D eigenvalue weighted by Gasteiger charge is -2.24. The summed E-state index contributed by atoms with van der Waals surface area (Å²) in [4.78, 5) is 37.4. The van der Waals surface area contributed by atoms with Crippen molar-refractivity contribution in [2.75, 3.05) is 13.7 Å². The first-order valence-electron chi connectivity index (χ1n) is 8.52. The maximum atomic E-state index is 12.7. The van der Waals surface area contributed by atoms with E-state index < -0.39 is 47.7 Å². The van der Waals surface area contributed by atoms with Crippen LogP contribution in [0.2, 0.25) is 0 Å². The second-order valence-electron chi connectivity index (χ2n) is 6.56. The van der Waals surface area contributed by atoms with Crippen molar-refractivity contribution in [3.05, 3.63) is 35.4 Å². The standard InChI is InChI=1S/C18H21F3N2O5/c1-10(24)23-9-13(25)8-15(23)16(26)22-14(17(27)28-2)7-11-3-5-12(6-4-11)18(19,20)21/h3-6,13-15,25H,7-9H2,1-2H3,(H,22,26)/t13-,14-,15+/m1/s1. The van der Waals surface area contributed by atoms with Gasteiger partial charge in [0, 0.05) is 26.3 Å². The number of amides is 2. The van der Waals surface area contributed by atoms with Gasteiger partial charge in [0.15, 0.2) is 0 Å². The third kappa shape index (κ3) is 5.22. The third-order valence-electron chi connectivity index (χ3n) is 4.51. The Morgan fingerprint density at radius 1 is 1.29 bits per heavy atom. The first-order chi connectivity index (χ1) is 13.0. The first kappa shape index (κ1) is 21.7. The van der Waals surface area contributed by atoms with E-state index in [9.17, 15) is 32.7 Å². The molecule has 0 bridgehead atoms. The number of hydrogen-bond donors (Lipinski definition) is 2. The number of esters is 1. The maximum Gasteiger partial charge on any atom is 0.416 e. The fourth-order valence-electron chi connectivity index (χ4n) is 3.08. The van der Waals surface area contributed by atoms with Gasteiger partial charge in [-0.25, -0.2) is 4.79 Å². The SMILES string of the molecule is COC(=O)[C@@H](Cc1ccc(C(F)(F)F)cc1)NC(=O)[C@@H]1C[C@@H](O)CN1C(C)=O. The molecule has 1 aromatic carbocycles. The lowest BCUT2D eigenvalue weighted by atomic mass is 10.0. The van der Waals surface area contributed by atoms with Gasteiger partial charge in [-0.2, -0.15) is 13.2 Å². The van der Waals surface area contributed by atoms with Crippen molar-refractivity contribution in [3.8, 4) is 0 Å². The van der Waals surface area contributed by atoms with Crippen molar-refractivity contribution in [3.63, 3.8) is 0 Å². The molecule has 3 atom stereocenters. The Morgan fingerprint density at radius 2 is 1.89 bits per heavy atom. The average Bonchev–Trinajstić information content (AvgIpc) is 3.02. The van der Waals surface area contributed by atoms with Crippen LogP contribution in [-0.2, 0) is 31.7 Å². The van der Waals surface area contributed by atoms with Crippen LogP contribution in [0, 0.1) is 0 Å². The molecule has 7 nitrogen and oxygen atoms in total. The van der Waals surface area contributed by atoms with Crippen molar-refractivity contribution >= 4 is 17.8 Å². The van der Waals surface area contributed by atoms with Crippen LogP contribution < -0.4 is 5.32 Å². The second kappa shape index (κ2) is 8.59. The minimum Gasteiger partial charge on any atom is -0.467 e. The number of β-amino-alcohol motifs (C(OH)–C–C–N with tert-alkyl or cyclic N) is 1. The van der Waals surface area contributed by atoms with Crippen molar-refractivity contribution in [1.82, 2.24) is 10.2 Å². The van der Waals surface area contributed by atoms with E-state index in [4.69, 9.17) is 0 Å². The molecular weight excluding hydrogens is 381 g/mol. The van der Waals surface area contributed by atoms with E-state index in [-0.39, 0.29) is 19.4 Å². The predicted octanol–water partition coefficient (Wildman–Crippen LogP) is 0.887. The third-order valence-corrected chi connectivity index (χ3v) is 4.51. The normalized spacial score (nSPS) is 20.6. The van der Waals surface area contributed by atoms with Crippen molar-refractivity contribution < 1.29 is 37.4 Å². The Hall–Kier alpha value is -2.62. The zero-order chi connectivity index (χ0) is 21.1. The van der Waals surface area contributed by atoms with E-state index in [1.54, 1.807) is 0 Å². The Morgan fingerprint density at radius 3 is 2.39 bits per heavy atom. The monoisotopic (exact) mass is 402 g/mol. The highest BCUT2D eigenvalue weighted by Gasteiger charge is 2.39. The number of likely N-dealkylation sites (tertiary alicyclic amines) is 1. The molecule has 1 aliphatic heterocycles. The predicted molar refractivity (Wildman–Crippen MR) is 90.9 cm³/mol. The number of nitrogens with one attached hydrogen (secondary N) is 1. The molecule has 1 aliphatic rings. The van der Waals surface area contributed by atoms with Crippen LogP contribution in [0.5, 0.6) is 0 Å². The summed E-state index contributed by atoms with van der Waals surface area (Å²) < 4.78 is 42.6. The minimum absolute atomic E-state index is 0.00914. The minimum atomic E-state index is -4.48. The van der Waals surface area contributed by atoms with Gasteiger partial charge in [0.2, 0.25) is 11.8 Å². The molecule has 0 aromatic heterocycles. The fourth-order valence-corrected chi connectivity index (χ4v) is 3.08. The topological polar surface area (TPSA) is 95.9 Å². The van der Waals surface area contributed by atoms with Crippen LogP contribution in [0.25, 0.3) is 0 Å². The molecule has 154 valence electrons. The number of halogens is 3. The van der Waals surface area contributed by atoms with Gasteiger partial charge in [-0.1, -0.05) is 12.1 Å². The molecule has 0 spiro atoms. The Balaban J connectivity index is 2.12. The van der Waals surface area contributed by atoms with E-state index in [0.29, 0.717) is 5.56 Å². The number of alkyl halides is 3. The number of rotatable bonds is 5. The van der Waals surface area contributed by atoms with Gasteiger partial charge < -0.3 is 20.1 Å². The smallest absolute Gasteiger partial charge is 0.416 e. The van der Waals surface area contributed by atoms with Crippen molar-refractivity contribution in [1.29, 1.82) is 0 Å². The van der Waals surface area contributed by atoms with Crippen LogP contribution in [0.15, 0.2) is 24.3 Å². The Kier molecular flexibility index (Phi) is 6.65. The molecule has 1 saturated heterocycles. The number of carbonyl (C=O) groups excluding carboxylic acids is 3. The van der Waals surface area contributed by atoms with Crippen LogP contribution >= 0.6 is 0 Å². The Bertz CT molecular complexity index is 736. The number of hydrogen-bond acceptors (Lipinski definition) is 5. The highest BCUT2D eigenvalue weighted by Crippen LogP contribution is 2.29. The van der Waals surface area contributed by atoms with Crippen molar-refractivity contribution in [2.24, 2.45) is 0 Å². The summed E-state index contributed by atoms with van der Waals surface area (Å²) in [6, 6.07) is 2.11. The zero-order valence-corrected chi connectivity index (χ0v) is 15.3. The van der Waals surface area contributed by atoms with Gasteiger partial charge in [-0.15, -0.1) is 0 Å². The van der Waals surface area contributed by atoms with Gasteiger partial charge in [0.05, 0.1) is 18.8 Å². The van der Waals surface area contributed by atoms with Crippen LogP contribution in [0.4, 0.5) is 13.2 Å². The van der Waals surface area contributed by atoms with Gasteiger partial charge in [0.1, 0.15) is 12.1 Å². The molecule has 2 amide bonds. The molecule has 0 aliphatic carbocycles. The summed E-state index contributed by atoms with van der Waals surface area (Å²) in [5.74, 6) is -1.82. The number of aliphatic hydroxyl groups is 1. The summed E-state index contributed by atoms with van der Waals surface area (Å²) in [5, 5.41) is 12.2. The highest BCUT2D eigenvalue weighted by molar-refractivity contribution is 5.91. The van der Waals surface area contributed by atoms with Crippen LogP contribution in [0.3, 0.4) is 0 Å². The molecular formula is C18H21F3N2O5. The zero-order valence-electron chi connectivity index (χ0n) is 15.3. The highest BCUT2D eigenvalue weighted by atomic mass is 19.4. The lowest BCUT2D eigenvalue weighted by molar-refractivity contribution is -0.146. The van der Waals surface area contributed by atoms with Crippen LogP contribution in [-0.4, -0.2) is 59.6 Å². The van der Waals surface area contributed by atoms with Gasteiger partial charge in [-0.05, 0) is 17.7 Å². The second-order valence-corrected chi connectivity index (χ2v) is 6.56. The van der Waals surface area contributed by atoms with E-state index in [2.05, 4.69) is 10.1 Å². The molecule has 0 saturated carbocycles. The number of nitrogens with zero attached hydrogens (tertiary/aromatic N) is 1. The summed E-state index contributed by atoms with van der Waals surface area (Å²) in [7, 11) is 1.12. The van der Waals surface area contributed by atoms with E-state index in [0.717, 1.165) is 19.2 Å². The van der Waals surface area contributed by atoms with Gasteiger partial charge in [-0.3, -0.25) is 9.59 Å². The van der Waals surface area contributed by atoms with Gasteiger partial charge >= 0.3 is 12.1 Å². The maximum absolute atomic E-state index is 12.7. The number of aliphatic hydroxyl groups excluding tert-OH is 1. The van der Waals surface area contributed by atoms with E-state index in [1.807, 2.05) is 0 Å². The van der Waals surface area contributed by atoms with E-state index in [1.165, 1.54) is 24.0 Å². The number of ether oxygens (including phenoxy) is 1. The molecule has 28 heavy (non-hydrogen) atoms. The summed E-state index contributed by atoms with van der Waals surface area (Å²) in [6.07, 6.45) is -5.40. The Labute approximate surface area is 159 Å². The molecule has 10 heteroatoms. The van der Waals surface area contributed by atoms with E-state index >= 15 is 0 Å². The molecule has 0 unspecified atom stereocenters. The molecule has 2 rings (SSSR count).